The number of carbonyl (C=O) groups is 1. The summed E-state index contributed by atoms with van der Waals surface area (Å²) in [5.74, 6) is -0.939. The lowest BCUT2D eigenvalue weighted by Gasteiger charge is -2.19. The number of aryl methyl sites for hydroxylation is 1. The van der Waals surface area contributed by atoms with Crippen LogP contribution in [-0.4, -0.2) is 27.3 Å². The van der Waals surface area contributed by atoms with Crippen LogP contribution in [0.1, 0.15) is 42.4 Å². The highest BCUT2D eigenvalue weighted by molar-refractivity contribution is 7.91. The first-order valence-corrected chi connectivity index (χ1v) is 11.1. The molecule has 0 radical (unpaired) electrons. The highest BCUT2D eigenvalue weighted by Gasteiger charge is 2.30. The van der Waals surface area contributed by atoms with Crippen LogP contribution in [0, 0.1) is 23.1 Å². The highest BCUT2D eigenvalue weighted by atomic mass is 32.2. The average Bonchev–Trinajstić information content (AvgIpc) is 2.96. The van der Waals surface area contributed by atoms with Crippen LogP contribution >= 0.6 is 0 Å². The highest BCUT2D eigenvalue weighted by Crippen LogP contribution is 2.29. The molecule has 0 saturated heterocycles. The zero-order valence-corrected chi connectivity index (χ0v) is 18.1. The van der Waals surface area contributed by atoms with Gasteiger partial charge in [0.1, 0.15) is 27.5 Å². The van der Waals surface area contributed by atoms with Crippen molar-refractivity contribution in [2.24, 2.45) is 17.3 Å². The summed E-state index contributed by atoms with van der Waals surface area (Å²) in [6.45, 7) is 6.20. The van der Waals surface area contributed by atoms with Gasteiger partial charge in [0, 0.05) is 37.1 Å². The molecule has 7 nitrogen and oxygen atoms in total. The minimum atomic E-state index is -2.94. The van der Waals surface area contributed by atoms with Crippen LogP contribution in [0.4, 0.5) is 10.1 Å². The minimum Gasteiger partial charge on any atom is -0.345 e. The molecule has 2 heterocycles. The Bertz CT molecular complexity index is 1180. The predicted octanol–water partition coefficient (Wildman–Crippen LogP) is 3.69. The molecule has 9 heteroatoms. The fourth-order valence-corrected chi connectivity index (χ4v) is 5.48. The Morgan fingerprint density at radius 3 is 2.83 bits per heavy atom. The summed E-state index contributed by atoms with van der Waals surface area (Å²) in [5.41, 5.74) is 0.958. The molecule has 1 aromatic carbocycles. The van der Waals surface area contributed by atoms with E-state index in [-0.39, 0.29) is 17.5 Å². The second-order valence-corrected chi connectivity index (χ2v) is 9.33. The second-order valence-electron chi connectivity index (χ2n) is 7.35. The number of aromatic nitrogens is 1. The van der Waals surface area contributed by atoms with E-state index in [0.717, 1.165) is 6.07 Å². The number of fused-ring (bicyclic) bond motifs is 1. The number of carbonyl (C=O) groups excluding carboxylic acids is 1. The molecule has 30 heavy (non-hydrogen) atoms. The van der Waals surface area contributed by atoms with Gasteiger partial charge in [0.15, 0.2) is 0 Å². The van der Waals surface area contributed by atoms with E-state index >= 15 is 0 Å². The average molecular weight is 430 g/mol. The van der Waals surface area contributed by atoms with E-state index in [9.17, 15) is 13.4 Å². The molecular weight excluding hydrogens is 405 g/mol. The van der Waals surface area contributed by atoms with Crippen LogP contribution in [0.15, 0.2) is 39.7 Å². The van der Waals surface area contributed by atoms with Crippen LogP contribution in [0.5, 0.6) is 0 Å². The van der Waals surface area contributed by atoms with Crippen LogP contribution in [0.3, 0.4) is 0 Å². The molecule has 2 aromatic rings. The van der Waals surface area contributed by atoms with Crippen LogP contribution in [0.25, 0.3) is 6.08 Å². The standard InChI is InChI=1S/C21H24FN5O2S/c1-5-24-30(29)19-12-27(4)20(16(19)7-9-18(26-30)13(2)3)21(28)25-15-6-8-17(22)14(10-15)11-23/h6-10,12-13,18H,5H2,1-4H3,(H,25,28)(H,24,26,29)/t18-,30?/m1/s1. The fraction of sp³-hybridized carbons (Fsp3) is 0.333. The molecule has 2 N–H and O–H groups in total. The van der Waals surface area contributed by atoms with Gasteiger partial charge in [0.2, 0.25) is 0 Å². The number of anilines is 1. The smallest absolute Gasteiger partial charge is 0.272 e. The lowest BCUT2D eigenvalue weighted by molar-refractivity contribution is 0.101. The van der Waals surface area contributed by atoms with Gasteiger partial charge < -0.3 is 9.88 Å². The van der Waals surface area contributed by atoms with Gasteiger partial charge in [-0.1, -0.05) is 26.0 Å². The summed E-state index contributed by atoms with van der Waals surface area (Å²) in [7, 11) is -1.25. The number of amides is 1. The van der Waals surface area contributed by atoms with Gasteiger partial charge in [-0.05, 0) is 31.0 Å². The minimum absolute atomic E-state index is 0.160. The lowest BCUT2D eigenvalue weighted by Crippen LogP contribution is -2.36. The van der Waals surface area contributed by atoms with Gasteiger partial charge in [-0.15, -0.1) is 0 Å². The molecule has 3 rings (SSSR count). The lowest BCUT2D eigenvalue weighted by atomic mass is 10.0. The molecule has 1 aliphatic rings. The largest absolute Gasteiger partial charge is 0.345 e. The molecule has 158 valence electrons. The van der Waals surface area contributed by atoms with Crippen molar-refractivity contribution in [1.82, 2.24) is 9.29 Å². The van der Waals surface area contributed by atoms with Crippen molar-refractivity contribution in [2.75, 3.05) is 11.9 Å². The first-order valence-electron chi connectivity index (χ1n) is 9.59. The summed E-state index contributed by atoms with van der Waals surface area (Å²) in [5, 5.41) is 11.7. The number of hydrogen-bond donors (Lipinski definition) is 2. The molecule has 0 spiro atoms. The van der Waals surface area contributed by atoms with E-state index in [4.69, 9.17) is 5.26 Å². The third-order valence-electron chi connectivity index (χ3n) is 4.84. The Kier molecular flexibility index (Phi) is 6.10. The van der Waals surface area contributed by atoms with E-state index in [1.165, 1.54) is 12.1 Å². The Morgan fingerprint density at radius 1 is 1.47 bits per heavy atom. The normalized spacial score (nSPS) is 20.4. The van der Waals surface area contributed by atoms with Crippen LogP contribution in [0.2, 0.25) is 0 Å². The van der Waals surface area contributed by atoms with Gasteiger partial charge in [0.05, 0.1) is 10.5 Å². The molecule has 1 aromatic heterocycles. The summed E-state index contributed by atoms with van der Waals surface area (Å²) in [6.07, 6.45) is 5.34. The summed E-state index contributed by atoms with van der Waals surface area (Å²) in [4.78, 5) is 13.5. The molecule has 1 amide bonds. The van der Waals surface area contributed by atoms with E-state index in [1.807, 2.05) is 26.8 Å². The van der Waals surface area contributed by atoms with Gasteiger partial charge in [-0.2, -0.15) is 5.26 Å². The molecule has 0 bridgehead atoms. The molecule has 0 fully saturated rings. The first-order chi connectivity index (χ1) is 14.2. The Labute approximate surface area is 175 Å². The molecule has 1 aliphatic heterocycles. The number of halogens is 1. The van der Waals surface area contributed by atoms with Crippen molar-refractivity contribution in [2.45, 2.75) is 31.7 Å². The van der Waals surface area contributed by atoms with Gasteiger partial charge in [0.25, 0.3) is 5.91 Å². The van der Waals surface area contributed by atoms with Crippen molar-refractivity contribution in [3.63, 3.8) is 0 Å². The summed E-state index contributed by atoms with van der Waals surface area (Å²) < 4.78 is 36.3. The van der Waals surface area contributed by atoms with E-state index in [2.05, 4.69) is 14.4 Å². The molecule has 0 aliphatic carbocycles. The third-order valence-corrected chi connectivity index (χ3v) is 6.97. The maximum Gasteiger partial charge on any atom is 0.272 e. The number of nitriles is 1. The quantitative estimate of drug-likeness (QED) is 0.775. The topological polar surface area (TPSA) is 99.3 Å². The fourth-order valence-electron chi connectivity index (χ4n) is 3.29. The van der Waals surface area contributed by atoms with Crippen molar-refractivity contribution >= 4 is 27.6 Å². The van der Waals surface area contributed by atoms with Gasteiger partial charge >= 0.3 is 0 Å². The summed E-state index contributed by atoms with van der Waals surface area (Å²) >= 11 is 0. The third kappa shape index (κ3) is 4.01. The Hall–Kier alpha value is -2.96. The van der Waals surface area contributed by atoms with Crippen molar-refractivity contribution in [1.29, 1.82) is 5.26 Å². The molecular formula is C21H24FN5O2S. The first kappa shape index (κ1) is 21.7. The molecule has 0 saturated carbocycles. The van der Waals surface area contributed by atoms with Crippen molar-refractivity contribution in [3.05, 3.63) is 53.1 Å². The molecule has 1 unspecified atom stereocenters. The van der Waals surface area contributed by atoms with E-state index in [1.54, 1.807) is 30.0 Å². The van der Waals surface area contributed by atoms with Crippen molar-refractivity contribution < 1.29 is 13.4 Å². The SMILES string of the molecule is CCN=S1(=O)N[C@@H](C(C)C)C=Cc2c1cn(C)c2C(=O)Nc1ccc(F)c(C#N)c1. The number of nitrogens with one attached hydrogen (secondary N) is 2. The molecule has 2 atom stereocenters. The maximum absolute atomic E-state index is 13.7. The Morgan fingerprint density at radius 2 is 2.20 bits per heavy atom. The zero-order valence-electron chi connectivity index (χ0n) is 17.3. The Balaban J connectivity index is 2.08. The number of hydrogen-bond acceptors (Lipinski definition) is 4. The predicted molar refractivity (Wildman–Crippen MR) is 115 cm³/mol. The maximum atomic E-state index is 13.7. The van der Waals surface area contributed by atoms with Gasteiger partial charge in [-0.25, -0.2) is 17.7 Å². The van der Waals surface area contributed by atoms with Crippen molar-refractivity contribution in [3.8, 4) is 6.07 Å². The number of benzene rings is 1. The monoisotopic (exact) mass is 429 g/mol. The van der Waals surface area contributed by atoms with E-state index in [0.29, 0.717) is 28.4 Å². The second kappa shape index (κ2) is 8.42. The van der Waals surface area contributed by atoms with Crippen LogP contribution < -0.4 is 10.0 Å². The van der Waals surface area contributed by atoms with Crippen LogP contribution in [-0.2, 0) is 17.0 Å². The summed E-state index contributed by atoms with van der Waals surface area (Å²) in [6, 6.07) is 5.37. The van der Waals surface area contributed by atoms with Gasteiger partial charge in [-0.3, -0.25) is 4.79 Å². The number of nitrogens with zero attached hydrogens (tertiary/aromatic N) is 3. The number of rotatable bonds is 4. The van der Waals surface area contributed by atoms with E-state index < -0.39 is 21.6 Å². The zero-order chi connectivity index (χ0) is 22.1.